The molecule has 23 heavy (non-hydrogen) atoms. The van der Waals surface area contributed by atoms with Crippen LogP contribution in [0.15, 0.2) is 24.3 Å². The van der Waals surface area contributed by atoms with Crippen molar-refractivity contribution in [3.8, 4) is 0 Å². The first-order valence-electron chi connectivity index (χ1n) is 8.14. The Balaban J connectivity index is 2.46. The third-order valence-electron chi connectivity index (χ3n) is 4.26. The van der Waals surface area contributed by atoms with Gasteiger partial charge in [0.2, 0.25) is 0 Å². The molecule has 1 heterocycles. The smallest absolute Gasteiger partial charge is 0.268 e. The van der Waals surface area contributed by atoms with Crippen LogP contribution in [-0.2, 0) is 6.54 Å². The Kier molecular flexibility index (Phi) is 4.69. The zero-order chi connectivity index (χ0) is 17.4. The van der Waals surface area contributed by atoms with Crippen LogP contribution in [0.3, 0.4) is 0 Å². The molecule has 3 heteroatoms. The van der Waals surface area contributed by atoms with Gasteiger partial charge in [-0.3, -0.25) is 4.79 Å². The number of aromatic nitrogens is 1. The highest BCUT2D eigenvalue weighted by Gasteiger charge is 2.23. The maximum Gasteiger partial charge on any atom is 0.268 e. The first kappa shape index (κ1) is 17.3. The highest BCUT2D eigenvalue weighted by Crippen LogP contribution is 2.23. The van der Waals surface area contributed by atoms with Crippen molar-refractivity contribution in [1.82, 2.24) is 9.88 Å². The number of nitrogens with one attached hydrogen (secondary N) is 1. The van der Waals surface area contributed by atoms with Gasteiger partial charge in [0.1, 0.15) is 5.69 Å². The van der Waals surface area contributed by atoms with E-state index in [-0.39, 0.29) is 11.4 Å². The number of rotatable bonds is 3. The number of hydrogen-bond acceptors (Lipinski definition) is 1. The van der Waals surface area contributed by atoms with Crippen LogP contribution >= 0.6 is 0 Å². The summed E-state index contributed by atoms with van der Waals surface area (Å²) >= 11 is 0. The summed E-state index contributed by atoms with van der Waals surface area (Å²) in [6, 6.07) is 8.45. The first-order chi connectivity index (χ1) is 10.6. The monoisotopic (exact) mass is 312 g/mol. The van der Waals surface area contributed by atoms with Crippen LogP contribution in [0, 0.1) is 27.7 Å². The molecule has 0 bridgehead atoms. The molecule has 1 aromatic heterocycles. The van der Waals surface area contributed by atoms with Gasteiger partial charge in [-0.1, -0.05) is 29.8 Å². The lowest BCUT2D eigenvalue weighted by Crippen LogP contribution is -2.41. The molecule has 0 saturated carbocycles. The summed E-state index contributed by atoms with van der Waals surface area (Å²) in [4.78, 5) is 12.8. The fourth-order valence-electron chi connectivity index (χ4n) is 2.90. The van der Waals surface area contributed by atoms with E-state index in [0.717, 1.165) is 23.5 Å². The molecule has 3 nitrogen and oxygen atoms in total. The average molecular weight is 312 g/mol. The summed E-state index contributed by atoms with van der Waals surface area (Å²) in [5.74, 6) is -0.00106. The molecule has 0 unspecified atom stereocenters. The minimum absolute atomic E-state index is 0.00106. The van der Waals surface area contributed by atoms with Gasteiger partial charge >= 0.3 is 0 Å². The minimum Gasteiger partial charge on any atom is -0.346 e. The van der Waals surface area contributed by atoms with Gasteiger partial charge in [-0.15, -0.1) is 0 Å². The van der Waals surface area contributed by atoms with E-state index in [0.29, 0.717) is 0 Å². The SMILES string of the molecule is Cc1cccc(Cn2c(C)c(C)c(C)c2C(=O)NC(C)(C)C)c1. The van der Waals surface area contributed by atoms with Gasteiger partial charge in [0.25, 0.3) is 5.91 Å². The Bertz CT molecular complexity index is 733. The van der Waals surface area contributed by atoms with E-state index in [9.17, 15) is 4.79 Å². The van der Waals surface area contributed by atoms with Crippen molar-refractivity contribution in [1.29, 1.82) is 0 Å². The van der Waals surface area contributed by atoms with E-state index in [4.69, 9.17) is 0 Å². The summed E-state index contributed by atoms with van der Waals surface area (Å²) in [5.41, 5.74) is 6.39. The second kappa shape index (κ2) is 6.23. The summed E-state index contributed by atoms with van der Waals surface area (Å²) in [6.07, 6.45) is 0. The molecule has 0 aliphatic heterocycles. The second-order valence-electron chi connectivity index (χ2n) is 7.46. The number of nitrogens with zero attached hydrogens (tertiary/aromatic N) is 1. The fourth-order valence-corrected chi connectivity index (χ4v) is 2.90. The number of carbonyl (C=O) groups is 1. The quantitative estimate of drug-likeness (QED) is 0.901. The molecular weight excluding hydrogens is 284 g/mol. The summed E-state index contributed by atoms with van der Waals surface area (Å²) in [6.45, 7) is 15.0. The van der Waals surface area contributed by atoms with Crippen molar-refractivity contribution in [2.45, 2.75) is 60.5 Å². The van der Waals surface area contributed by atoms with Crippen molar-refractivity contribution >= 4 is 5.91 Å². The Labute approximate surface area is 139 Å². The molecule has 0 saturated heterocycles. The molecule has 0 aliphatic carbocycles. The summed E-state index contributed by atoms with van der Waals surface area (Å²) in [7, 11) is 0. The normalized spacial score (nSPS) is 11.6. The van der Waals surface area contributed by atoms with Gasteiger partial charge in [-0.25, -0.2) is 0 Å². The van der Waals surface area contributed by atoms with Gasteiger partial charge < -0.3 is 9.88 Å². The van der Waals surface area contributed by atoms with E-state index in [1.54, 1.807) is 0 Å². The van der Waals surface area contributed by atoms with Gasteiger partial charge in [-0.05, 0) is 65.2 Å². The molecular formula is C20H28N2O. The zero-order valence-electron chi connectivity index (χ0n) is 15.4. The Morgan fingerprint density at radius 2 is 1.74 bits per heavy atom. The molecule has 2 rings (SSSR count). The topological polar surface area (TPSA) is 34.0 Å². The van der Waals surface area contributed by atoms with Gasteiger partial charge in [0.15, 0.2) is 0 Å². The lowest BCUT2D eigenvalue weighted by atomic mass is 10.1. The highest BCUT2D eigenvalue weighted by atomic mass is 16.2. The second-order valence-corrected chi connectivity index (χ2v) is 7.46. The summed E-state index contributed by atoms with van der Waals surface area (Å²) < 4.78 is 2.14. The number of hydrogen-bond donors (Lipinski definition) is 1. The molecule has 0 aliphatic rings. The third-order valence-corrected chi connectivity index (χ3v) is 4.26. The van der Waals surface area contributed by atoms with E-state index < -0.39 is 0 Å². The maximum atomic E-state index is 12.8. The maximum absolute atomic E-state index is 12.8. The molecule has 124 valence electrons. The standard InChI is InChI=1S/C20H28N2O/c1-13-9-8-10-17(11-13)12-22-16(4)14(2)15(3)18(22)19(23)21-20(5,6)7/h8-11H,12H2,1-7H3,(H,21,23). The van der Waals surface area contributed by atoms with Crippen molar-refractivity contribution in [2.75, 3.05) is 0 Å². The van der Waals surface area contributed by atoms with Crippen LogP contribution in [0.25, 0.3) is 0 Å². The number of carbonyl (C=O) groups excluding carboxylic acids is 1. The van der Waals surface area contributed by atoms with E-state index >= 15 is 0 Å². The van der Waals surface area contributed by atoms with Crippen molar-refractivity contribution < 1.29 is 4.79 Å². The first-order valence-corrected chi connectivity index (χ1v) is 8.14. The average Bonchev–Trinajstić information content (AvgIpc) is 2.62. The zero-order valence-corrected chi connectivity index (χ0v) is 15.4. The lowest BCUT2D eigenvalue weighted by Gasteiger charge is -2.22. The predicted octanol–water partition coefficient (Wildman–Crippen LogP) is 4.30. The van der Waals surface area contributed by atoms with E-state index in [2.05, 4.69) is 54.9 Å². The molecule has 1 amide bonds. The van der Waals surface area contributed by atoms with Crippen LogP contribution in [-0.4, -0.2) is 16.0 Å². The third kappa shape index (κ3) is 3.84. The van der Waals surface area contributed by atoms with Crippen LogP contribution < -0.4 is 5.32 Å². The van der Waals surface area contributed by atoms with Crippen molar-refractivity contribution in [3.05, 3.63) is 57.9 Å². The van der Waals surface area contributed by atoms with Crippen LogP contribution in [0.5, 0.6) is 0 Å². The minimum atomic E-state index is -0.246. The largest absolute Gasteiger partial charge is 0.346 e. The fraction of sp³-hybridized carbons (Fsp3) is 0.450. The van der Waals surface area contributed by atoms with E-state index in [1.807, 2.05) is 27.7 Å². The molecule has 0 atom stereocenters. The van der Waals surface area contributed by atoms with E-state index in [1.165, 1.54) is 16.7 Å². The molecule has 1 aromatic carbocycles. The molecule has 0 radical (unpaired) electrons. The van der Waals surface area contributed by atoms with Gasteiger partial charge in [0, 0.05) is 17.8 Å². The Morgan fingerprint density at radius 3 is 2.30 bits per heavy atom. The lowest BCUT2D eigenvalue weighted by molar-refractivity contribution is 0.0909. The Hall–Kier alpha value is -2.03. The Morgan fingerprint density at radius 1 is 1.09 bits per heavy atom. The van der Waals surface area contributed by atoms with Gasteiger partial charge in [-0.2, -0.15) is 0 Å². The van der Waals surface area contributed by atoms with Crippen molar-refractivity contribution in [3.63, 3.8) is 0 Å². The van der Waals surface area contributed by atoms with Gasteiger partial charge in [0.05, 0.1) is 0 Å². The van der Waals surface area contributed by atoms with Crippen LogP contribution in [0.4, 0.5) is 0 Å². The molecule has 0 fully saturated rings. The highest BCUT2D eigenvalue weighted by molar-refractivity contribution is 5.95. The number of benzene rings is 1. The van der Waals surface area contributed by atoms with Crippen LogP contribution in [0.1, 0.15) is 59.2 Å². The molecule has 2 aromatic rings. The number of aryl methyl sites for hydroxylation is 1. The van der Waals surface area contributed by atoms with Crippen molar-refractivity contribution in [2.24, 2.45) is 0 Å². The molecule has 0 spiro atoms. The summed E-state index contributed by atoms with van der Waals surface area (Å²) in [5, 5.41) is 3.09. The molecule has 1 N–H and O–H groups in total. The predicted molar refractivity (Wildman–Crippen MR) is 96.1 cm³/mol. The van der Waals surface area contributed by atoms with Crippen LogP contribution in [0.2, 0.25) is 0 Å². The number of amides is 1.